The topological polar surface area (TPSA) is 52.1 Å². The van der Waals surface area contributed by atoms with Crippen LogP contribution in [0.15, 0.2) is 29.3 Å². The van der Waals surface area contributed by atoms with Crippen LogP contribution in [0.4, 0.5) is 0 Å². The highest BCUT2D eigenvalue weighted by atomic mass is 127. The summed E-state index contributed by atoms with van der Waals surface area (Å²) in [7, 11) is 5.69. The molecule has 1 saturated heterocycles. The van der Waals surface area contributed by atoms with Crippen LogP contribution >= 0.6 is 24.0 Å². The molecule has 2 N–H and O–H groups in total. The molecule has 1 unspecified atom stereocenters. The number of para-hydroxylation sites is 1. The van der Waals surface area contributed by atoms with Gasteiger partial charge in [-0.15, -0.1) is 24.0 Å². The number of hydrogen-bond acceptors (Lipinski definition) is 4. The normalized spacial score (nSPS) is 17.5. The molecule has 7 heteroatoms. The molecule has 0 bridgehead atoms. The number of likely N-dealkylation sites (N-methyl/N-ethyl adjacent to an activating group) is 1. The van der Waals surface area contributed by atoms with Crippen molar-refractivity contribution in [3.63, 3.8) is 0 Å². The van der Waals surface area contributed by atoms with Gasteiger partial charge in [0.1, 0.15) is 5.75 Å². The maximum absolute atomic E-state index is 5.39. The summed E-state index contributed by atoms with van der Waals surface area (Å²) in [6.45, 7) is 8.39. The van der Waals surface area contributed by atoms with E-state index in [0.29, 0.717) is 12.6 Å². The first kappa shape index (κ1) is 22.0. The SMILES string of the molecule is CN=C(NCc1ccccc1OC)NCC(C)N1CCN(C)CC1.I. The first-order valence-electron chi connectivity index (χ1n) is 8.63. The third kappa shape index (κ3) is 6.99. The highest BCUT2D eigenvalue weighted by molar-refractivity contribution is 14.0. The van der Waals surface area contributed by atoms with Gasteiger partial charge in [-0.3, -0.25) is 9.89 Å². The number of guanidine groups is 1. The molecule has 0 radical (unpaired) electrons. The summed E-state index contributed by atoms with van der Waals surface area (Å²) in [5.41, 5.74) is 1.12. The van der Waals surface area contributed by atoms with Gasteiger partial charge in [0.05, 0.1) is 7.11 Å². The van der Waals surface area contributed by atoms with Crippen molar-refractivity contribution < 1.29 is 4.74 Å². The van der Waals surface area contributed by atoms with Crippen LogP contribution < -0.4 is 15.4 Å². The number of piperazine rings is 1. The zero-order valence-electron chi connectivity index (χ0n) is 15.8. The predicted octanol–water partition coefficient (Wildman–Crippen LogP) is 1.61. The maximum Gasteiger partial charge on any atom is 0.191 e. The summed E-state index contributed by atoms with van der Waals surface area (Å²) in [5, 5.41) is 6.79. The third-order valence-corrected chi connectivity index (χ3v) is 4.59. The van der Waals surface area contributed by atoms with Crippen LogP contribution in [-0.4, -0.2) is 75.7 Å². The van der Waals surface area contributed by atoms with Crippen LogP contribution in [0.2, 0.25) is 0 Å². The number of nitrogens with zero attached hydrogens (tertiary/aromatic N) is 3. The fourth-order valence-corrected chi connectivity index (χ4v) is 2.88. The van der Waals surface area contributed by atoms with Gasteiger partial charge in [0.15, 0.2) is 5.96 Å². The molecule has 25 heavy (non-hydrogen) atoms. The van der Waals surface area contributed by atoms with Crippen molar-refractivity contribution in [1.82, 2.24) is 20.4 Å². The fourth-order valence-electron chi connectivity index (χ4n) is 2.88. The Morgan fingerprint density at radius 3 is 2.52 bits per heavy atom. The molecule has 1 aliphatic heterocycles. The Morgan fingerprint density at radius 2 is 1.88 bits per heavy atom. The number of halogens is 1. The molecule has 2 rings (SSSR count). The lowest BCUT2D eigenvalue weighted by atomic mass is 10.2. The van der Waals surface area contributed by atoms with Crippen LogP contribution in [-0.2, 0) is 6.54 Å². The van der Waals surface area contributed by atoms with Crippen LogP contribution in [0, 0.1) is 0 Å². The summed E-state index contributed by atoms with van der Waals surface area (Å²) in [6.07, 6.45) is 0. The van der Waals surface area contributed by atoms with Crippen LogP contribution in [0.1, 0.15) is 12.5 Å². The smallest absolute Gasteiger partial charge is 0.191 e. The van der Waals surface area contributed by atoms with E-state index >= 15 is 0 Å². The van der Waals surface area contributed by atoms with Crippen molar-refractivity contribution in [3.05, 3.63) is 29.8 Å². The molecule has 0 aromatic heterocycles. The van der Waals surface area contributed by atoms with E-state index in [2.05, 4.69) is 45.5 Å². The number of hydrogen-bond donors (Lipinski definition) is 2. The van der Waals surface area contributed by atoms with Crippen LogP contribution in [0.3, 0.4) is 0 Å². The summed E-state index contributed by atoms with van der Waals surface area (Å²) in [5.74, 6) is 1.72. The van der Waals surface area contributed by atoms with Gasteiger partial charge in [-0.05, 0) is 20.0 Å². The van der Waals surface area contributed by atoms with Crippen molar-refractivity contribution in [2.75, 3.05) is 53.9 Å². The van der Waals surface area contributed by atoms with Gasteiger partial charge in [0, 0.05) is 57.9 Å². The van der Waals surface area contributed by atoms with E-state index in [1.54, 1.807) is 14.2 Å². The number of nitrogens with one attached hydrogen (secondary N) is 2. The number of aliphatic imine (C=N–C) groups is 1. The number of methoxy groups -OCH3 is 1. The Morgan fingerprint density at radius 1 is 1.20 bits per heavy atom. The molecule has 1 atom stereocenters. The molecular weight excluding hydrogens is 429 g/mol. The maximum atomic E-state index is 5.39. The number of ether oxygens (including phenoxy) is 1. The molecule has 1 heterocycles. The first-order valence-corrected chi connectivity index (χ1v) is 8.63. The van der Waals surface area contributed by atoms with E-state index in [1.807, 2.05) is 18.2 Å². The monoisotopic (exact) mass is 461 g/mol. The summed E-state index contributed by atoms with van der Waals surface area (Å²) in [4.78, 5) is 9.22. The Kier molecular flexibility index (Phi) is 10.1. The van der Waals surface area contributed by atoms with Crippen molar-refractivity contribution in [2.45, 2.75) is 19.5 Å². The molecule has 1 fully saturated rings. The highest BCUT2D eigenvalue weighted by Gasteiger charge is 2.19. The van der Waals surface area contributed by atoms with E-state index in [0.717, 1.165) is 50.0 Å². The van der Waals surface area contributed by atoms with Crippen molar-refractivity contribution in [2.24, 2.45) is 4.99 Å². The lowest BCUT2D eigenvalue weighted by Crippen LogP contribution is -2.52. The largest absolute Gasteiger partial charge is 0.496 e. The molecule has 0 saturated carbocycles. The average molecular weight is 461 g/mol. The van der Waals surface area contributed by atoms with Gasteiger partial charge in [-0.2, -0.15) is 0 Å². The van der Waals surface area contributed by atoms with Gasteiger partial charge in [-0.1, -0.05) is 18.2 Å². The third-order valence-electron chi connectivity index (χ3n) is 4.59. The number of benzene rings is 1. The molecular formula is C18H32IN5O. The average Bonchev–Trinajstić information content (AvgIpc) is 2.62. The lowest BCUT2D eigenvalue weighted by molar-refractivity contribution is 0.120. The van der Waals surface area contributed by atoms with Gasteiger partial charge in [0.2, 0.25) is 0 Å². The van der Waals surface area contributed by atoms with E-state index in [4.69, 9.17) is 4.74 Å². The molecule has 1 aromatic rings. The second kappa shape index (κ2) is 11.5. The minimum atomic E-state index is 0. The Hall–Kier alpha value is -1.06. The minimum Gasteiger partial charge on any atom is -0.496 e. The Bertz CT molecular complexity index is 532. The second-order valence-electron chi connectivity index (χ2n) is 6.31. The number of rotatable bonds is 6. The van der Waals surface area contributed by atoms with Crippen LogP contribution in [0.25, 0.3) is 0 Å². The van der Waals surface area contributed by atoms with Gasteiger partial charge < -0.3 is 20.3 Å². The first-order chi connectivity index (χ1) is 11.6. The molecule has 142 valence electrons. The van der Waals surface area contributed by atoms with E-state index in [-0.39, 0.29) is 24.0 Å². The molecule has 0 amide bonds. The quantitative estimate of drug-likeness (QED) is 0.383. The van der Waals surface area contributed by atoms with Gasteiger partial charge in [-0.25, -0.2) is 0 Å². The summed E-state index contributed by atoms with van der Waals surface area (Å²) in [6, 6.07) is 8.52. The molecule has 0 spiro atoms. The fraction of sp³-hybridized carbons (Fsp3) is 0.611. The molecule has 1 aromatic carbocycles. The second-order valence-corrected chi connectivity index (χ2v) is 6.31. The minimum absolute atomic E-state index is 0. The van der Waals surface area contributed by atoms with Crippen molar-refractivity contribution >= 4 is 29.9 Å². The Balaban J connectivity index is 0.00000312. The molecule has 6 nitrogen and oxygen atoms in total. The van der Waals surface area contributed by atoms with Crippen molar-refractivity contribution in [3.8, 4) is 5.75 Å². The summed E-state index contributed by atoms with van der Waals surface area (Å²) < 4.78 is 5.39. The van der Waals surface area contributed by atoms with E-state index < -0.39 is 0 Å². The zero-order chi connectivity index (χ0) is 17.4. The standard InChI is InChI=1S/C18H31N5O.HI/c1-15(23-11-9-22(3)10-12-23)13-20-18(19-2)21-14-16-7-5-6-8-17(16)24-4;/h5-8,15H,9-14H2,1-4H3,(H2,19,20,21);1H. The van der Waals surface area contributed by atoms with Crippen molar-refractivity contribution in [1.29, 1.82) is 0 Å². The molecule has 1 aliphatic rings. The van der Waals surface area contributed by atoms with E-state index in [9.17, 15) is 0 Å². The predicted molar refractivity (Wildman–Crippen MR) is 115 cm³/mol. The Labute approximate surface area is 169 Å². The van der Waals surface area contributed by atoms with Crippen LogP contribution in [0.5, 0.6) is 5.75 Å². The zero-order valence-corrected chi connectivity index (χ0v) is 18.1. The van der Waals surface area contributed by atoms with Gasteiger partial charge >= 0.3 is 0 Å². The van der Waals surface area contributed by atoms with E-state index in [1.165, 1.54) is 0 Å². The summed E-state index contributed by atoms with van der Waals surface area (Å²) >= 11 is 0. The van der Waals surface area contributed by atoms with Gasteiger partial charge in [0.25, 0.3) is 0 Å². The highest BCUT2D eigenvalue weighted by Crippen LogP contribution is 2.16. The lowest BCUT2D eigenvalue weighted by Gasteiger charge is -2.36. The molecule has 0 aliphatic carbocycles.